The third-order valence-electron chi connectivity index (χ3n) is 1.15. The molecule has 1 atom stereocenters. The van der Waals surface area contributed by atoms with Crippen LogP contribution >= 0.6 is 12.6 Å². The van der Waals surface area contributed by atoms with Crippen LogP contribution in [0.5, 0.6) is 0 Å². The molecule has 0 bridgehead atoms. The summed E-state index contributed by atoms with van der Waals surface area (Å²) in [5, 5.41) is 1.47. The van der Waals surface area contributed by atoms with Crippen LogP contribution < -0.4 is 5.32 Å². The van der Waals surface area contributed by atoms with Gasteiger partial charge in [0, 0.05) is 7.05 Å². The van der Waals surface area contributed by atoms with Crippen molar-refractivity contribution in [2.45, 2.75) is 25.6 Å². The molecular weight excluding hydrogens is 176 g/mol. The molecule has 4 nitrogen and oxygen atoms in total. The Labute approximate surface area is 77.7 Å². The maximum atomic E-state index is 10.5. The highest BCUT2D eigenvalue weighted by atomic mass is 32.1. The second kappa shape index (κ2) is 5.03. The zero-order valence-electron chi connectivity index (χ0n) is 7.50. The van der Waals surface area contributed by atoms with Gasteiger partial charge in [0.2, 0.25) is 0 Å². The third-order valence-corrected chi connectivity index (χ3v) is 1.73. The summed E-state index contributed by atoms with van der Waals surface area (Å²) in [6.45, 7) is 4.25. The van der Waals surface area contributed by atoms with Crippen LogP contribution in [0.15, 0.2) is 0 Å². The number of hydrogen-bond donors (Lipinski definition) is 2. The van der Waals surface area contributed by atoms with E-state index in [1.165, 1.54) is 18.4 Å². The van der Waals surface area contributed by atoms with E-state index in [2.05, 4.69) is 31.8 Å². The fraction of sp³-hybridized carbons (Fsp3) is 0.714. The van der Waals surface area contributed by atoms with Crippen molar-refractivity contribution in [1.82, 2.24) is 10.2 Å². The fourth-order valence-corrected chi connectivity index (χ4v) is 0.714. The van der Waals surface area contributed by atoms with Crippen LogP contribution in [0.25, 0.3) is 0 Å². The molecule has 1 rings (SSSR count). The standard InChI is InChI=1S/C4H6N2O2S.C3H8/c1-6-3(9)2(7)5-4(6)8;1-3-2/h3,9H,1H3,(H,5,7,8);3H2,1-2H3. The number of likely N-dealkylation sites (N-methyl/N-ethyl adjacent to an activating group) is 1. The predicted molar refractivity (Wildman–Crippen MR) is 50.0 cm³/mol. The van der Waals surface area contributed by atoms with Crippen molar-refractivity contribution in [2.75, 3.05) is 7.05 Å². The molecule has 1 N–H and O–H groups in total. The van der Waals surface area contributed by atoms with Crippen molar-refractivity contribution in [3.63, 3.8) is 0 Å². The van der Waals surface area contributed by atoms with Gasteiger partial charge in [-0.2, -0.15) is 0 Å². The van der Waals surface area contributed by atoms with Gasteiger partial charge in [0.25, 0.3) is 5.91 Å². The normalized spacial score (nSPS) is 21.7. The van der Waals surface area contributed by atoms with E-state index in [0.717, 1.165) is 0 Å². The molecule has 3 amide bonds. The highest BCUT2D eigenvalue weighted by Crippen LogP contribution is 2.07. The molecule has 0 aromatic heterocycles. The van der Waals surface area contributed by atoms with E-state index in [-0.39, 0.29) is 11.9 Å². The van der Waals surface area contributed by atoms with Gasteiger partial charge in [-0.05, 0) is 0 Å². The number of rotatable bonds is 0. The van der Waals surface area contributed by atoms with E-state index >= 15 is 0 Å². The average molecular weight is 190 g/mol. The average Bonchev–Trinajstić information content (AvgIpc) is 2.20. The number of hydrogen-bond acceptors (Lipinski definition) is 3. The molecule has 1 aliphatic rings. The largest absolute Gasteiger partial charge is 0.325 e. The summed E-state index contributed by atoms with van der Waals surface area (Å²) in [5.41, 5.74) is 0. The van der Waals surface area contributed by atoms with Crippen molar-refractivity contribution in [3.8, 4) is 0 Å². The van der Waals surface area contributed by atoms with Crippen LogP contribution in [-0.4, -0.2) is 29.3 Å². The Hall–Kier alpha value is -0.710. The quantitative estimate of drug-likeness (QED) is 0.439. The molecule has 0 saturated carbocycles. The Kier molecular flexibility index (Phi) is 4.73. The minimum Gasteiger partial charge on any atom is -0.307 e. The summed E-state index contributed by atoms with van der Waals surface area (Å²) in [6.07, 6.45) is 1.25. The first-order valence-corrected chi connectivity index (χ1v) is 4.31. The number of imide groups is 1. The molecular formula is C7H14N2O2S. The van der Waals surface area contributed by atoms with E-state index in [1.807, 2.05) is 0 Å². The van der Waals surface area contributed by atoms with Crippen molar-refractivity contribution in [2.24, 2.45) is 0 Å². The maximum Gasteiger partial charge on any atom is 0.325 e. The Morgan fingerprint density at radius 3 is 2.00 bits per heavy atom. The van der Waals surface area contributed by atoms with Crippen molar-refractivity contribution in [1.29, 1.82) is 0 Å². The van der Waals surface area contributed by atoms with Crippen molar-refractivity contribution >= 4 is 24.6 Å². The predicted octanol–water partition coefficient (Wildman–Crippen LogP) is 0.840. The third kappa shape index (κ3) is 2.73. The van der Waals surface area contributed by atoms with Crippen molar-refractivity contribution in [3.05, 3.63) is 0 Å². The van der Waals surface area contributed by atoms with E-state index in [1.54, 1.807) is 0 Å². The molecule has 5 heteroatoms. The minimum absolute atomic E-state index is 0.356. The summed E-state index contributed by atoms with van der Waals surface area (Å²) in [7, 11) is 1.51. The van der Waals surface area contributed by atoms with Gasteiger partial charge in [-0.3, -0.25) is 10.1 Å². The second-order valence-electron chi connectivity index (χ2n) is 2.49. The van der Waals surface area contributed by atoms with Gasteiger partial charge in [0.1, 0.15) is 0 Å². The molecule has 1 fully saturated rings. The van der Waals surface area contributed by atoms with Gasteiger partial charge in [0.15, 0.2) is 5.37 Å². The summed E-state index contributed by atoms with van der Waals surface area (Å²) in [4.78, 5) is 22.3. The molecule has 0 aromatic carbocycles. The molecule has 1 unspecified atom stereocenters. The van der Waals surface area contributed by atoms with E-state index in [4.69, 9.17) is 0 Å². The van der Waals surface area contributed by atoms with Gasteiger partial charge in [-0.1, -0.05) is 20.3 Å². The van der Waals surface area contributed by atoms with Crippen LogP contribution in [0.1, 0.15) is 20.3 Å². The lowest BCUT2D eigenvalue weighted by atomic mass is 10.6. The Morgan fingerprint density at radius 2 is 1.92 bits per heavy atom. The molecule has 1 saturated heterocycles. The monoisotopic (exact) mass is 190 g/mol. The molecule has 0 aliphatic carbocycles. The minimum atomic E-state index is -0.613. The highest BCUT2D eigenvalue weighted by molar-refractivity contribution is 7.81. The molecule has 12 heavy (non-hydrogen) atoms. The number of carbonyl (C=O) groups is 2. The summed E-state index contributed by atoms with van der Waals surface area (Å²) < 4.78 is 0. The van der Waals surface area contributed by atoms with Crippen LogP contribution in [-0.2, 0) is 4.79 Å². The van der Waals surface area contributed by atoms with Crippen molar-refractivity contribution < 1.29 is 9.59 Å². The van der Waals surface area contributed by atoms with Crippen LogP contribution in [0, 0.1) is 0 Å². The van der Waals surface area contributed by atoms with E-state index < -0.39 is 5.37 Å². The zero-order chi connectivity index (χ0) is 9.72. The topological polar surface area (TPSA) is 49.4 Å². The lowest BCUT2D eigenvalue weighted by molar-refractivity contribution is -0.119. The van der Waals surface area contributed by atoms with E-state index in [9.17, 15) is 9.59 Å². The molecule has 0 radical (unpaired) electrons. The lowest BCUT2D eigenvalue weighted by Gasteiger charge is -2.08. The number of nitrogens with one attached hydrogen (secondary N) is 1. The van der Waals surface area contributed by atoms with Gasteiger partial charge in [-0.15, -0.1) is 12.6 Å². The smallest absolute Gasteiger partial charge is 0.307 e. The molecule has 0 spiro atoms. The summed E-state index contributed by atoms with van der Waals surface area (Å²) >= 11 is 3.83. The van der Waals surface area contributed by atoms with Crippen LogP contribution in [0.3, 0.4) is 0 Å². The number of thiol groups is 1. The van der Waals surface area contributed by atoms with Gasteiger partial charge in [0.05, 0.1) is 0 Å². The van der Waals surface area contributed by atoms with Gasteiger partial charge in [-0.25, -0.2) is 4.79 Å². The van der Waals surface area contributed by atoms with E-state index in [0.29, 0.717) is 0 Å². The lowest BCUT2D eigenvalue weighted by Crippen LogP contribution is -2.26. The number of nitrogens with zero attached hydrogens (tertiary/aromatic N) is 1. The van der Waals surface area contributed by atoms with Gasteiger partial charge < -0.3 is 4.90 Å². The Bertz CT molecular complexity index is 166. The van der Waals surface area contributed by atoms with Crippen LogP contribution in [0.2, 0.25) is 0 Å². The van der Waals surface area contributed by atoms with Gasteiger partial charge >= 0.3 is 6.03 Å². The first kappa shape index (κ1) is 11.3. The first-order valence-electron chi connectivity index (χ1n) is 3.80. The highest BCUT2D eigenvalue weighted by Gasteiger charge is 2.32. The SMILES string of the molecule is CCC.CN1C(=O)NC(=O)C1S. The summed E-state index contributed by atoms with van der Waals surface area (Å²) in [6, 6.07) is -0.389. The Morgan fingerprint density at radius 1 is 1.50 bits per heavy atom. The molecule has 1 aliphatic heterocycles. The Balaban J connectivity index is 0.000000354. The first-order chi connectivity index (χ1) is 5.54. The molecule has 1 heterocycles. The zero-order valence-corrected chi connectivity index (χ0v) is 8.39. The molecule has 70 valence electrons. The number of amides is 3. The number of urea groups is 1. The summed E-state index contributed by atoms with van der Waals surface area (Å²) in [5.74, 6) is -0.356. The maximum absolute atomic E-state index is 10.5. The fourth-order valence-electron chi connectivity index (χ4n) is 0.545. The second-order valence-corrected chi connectivity index (χ2v) is 2.98. The van der Waals surface area contributed by atoms with Crippen LogP contribution in [0.4, 0.5) is 4.79 Å². The number of carbonyl (C=O) groups excluding carboxylic acids is 2. The molecule has 0 aromatic rings.